The van der Waals surface area contributed by atoms with Crippen LogP contribution in [0.2, 0.25) is 0 Å². The number of hydrogen-bond acceptors (Lipinski definition) is 4. The summed E-state index contributed by atoms with van der Waals surface area (Å²) in [7, 11) is 1.69. The molecule has 0 amide bonds. The van der Waals surface area contributed by atoms with Crippen molar-refractivity contribution < 1.29 is 4.74 Å². The van der Waals surface area contributed by atoms with Gasteiger partial charge < -0.3 is 10.1 Å². The number of aromatic nitrogens is 3. The van der Waals surface area contributed by atoms with Crippen molar-refractivity contribution in [1.82, 2.24) is 20.3 Å². The molecule has 1 aromatic carbocycles. The normalized spacial score (nSPS) is 12.6. The lowest BCUT2D eigenvalue weighted by atomic mass is 9.96. The molecule has 120 valence electrons. The second kappa shape index (κ2) is 7.40. The predicted octanol–water partition coefficient (Wildman–Crippen LogP) is 3.10. The Labute approximate surface area is 132 Å². The van der Waals surface area contributed by atoms with Gasteiger partial charge in [0.25, 0.3) is 0 Å². The Bertz CT molecular complexity index is 589. The van der Waals surface area contributed by atoms with Crippen LogP contribution in [0.1, 0.15) is 43.8 Å². The first-order valence-corrected chi connectivity index (χ1v) is 7.83. The molecule has 0 aliphatic carbocycles. The highest BCUT2D eigenvalue weighted by atomic mass is 16.5. The summed E-state index contributed by atoms with van der Waals surface area (Å²) in [5, 5.41) is 12.5. The molecule has 2 rings (SSSR count). The van der Waals surface area contributed by atoms with E-state index in [-0.39, 0.29) is 6.04 Å². The van der Waals surface area contributed by atoms with Gasteiger partial charge in [0.05, 0.1) is 25.0 Å². The van der Waals surface area contributed by atoms with E-state index < -0.39 is 0 Å². The molecule has 1 heterocycles. The van der Waals surface area contributed by atoms with Crippen LogP contribution in [0.4, 0.5) is 0 Å². The number of nitrogens with one attached hydrogen (secondary N) is 1. The average Bonchev–Trinajstić information content (AvgIpc) is 2.88. The summed E-state index contributed by atoms with van der Waals surface area (Å²) in [6.45, 7) is 10.0. The molecule has 1 N–H and O–H groups in total. The van der Waals surface area contributed by atoms with Gasteiger partial charge in [0, 0.05) is 12.6 Å². The van der Waals surface area contributed by atoms with E-state index in [0.29, 0.717) is 5.92 Å². The summed E-state index contributed by atoms with van der Waals surface area (Å²) in [6, 6.07) is 8.52. The van der Waals surface area contributed by atoms with Gasteiger partial charge in [-0.05, 0) is 37.5 Å². The van der Waals surface area contributed by atoms with Gasteiger partial charge in [-0.15, -0.1) is 0 Å². The third-order valence-corrected chi connectivity index (χ3v) is 3.83. The molecule has 0 spiro atoms. The van der Waals surface area contributed by atoms with E-state index in [0.717, 1.165) is 30.2 Å². The van der Waals surface area contributed by atoms with Gasteiger partial charge in [-0.3, -0.25) is 0 Å². The van der Waals surface area contributed by atoms with E-state index in [9.17, 15) is 0 Å². The van der Waals surface area contributed by atoms with Crippen LogP contribution in [0.5, 0.6) is 5.75 Å². The Morgan fingerprint density at radius 1 is 1.18 bits per heavy atom. The Morgan fingerprint density at radius 2 is 1.86 bits per heavy atom. The number of methoxy groups -OCH3 is 1. The SMILES string of the molecule is CCn1nc(C)c(CN[C@H](c2ccc(OC)cc2)C(C)C)n1. The van der Waals surface area contributed by atoms with Crippen LogP contribution < -0.4 is 10.1 Å². The predicted molar refractivity (Wildman–Crippen MR) is 87.8 cm³/mol. The second-order valence-electron chi connectivity index (χ2n) is 5.80. The number of rotatable bonds is 7. The highest BCUT2D eigenvalue weighted by Gasteiger charge is 2.17. The highest BCUT2D eigenvalue weighted by Crippen LogP contribution is 2.24. The summed E-state index contributed by atoms with van der Waals surface area (Å²) in [6.07, 6.45) is 0. The van der Waals surface area contributed by atoms with Crippen LogP contribution in [0.3, 0.4) is 0 Å². The fraction of sp³-hybridized carbons (Fsp3) is 0.529. The van der Waals surface area contributed by atoms with Gasteiger partial charge >= 0.3 is 0 Å². The molecule has 0 unspecified atom stereocenters. The highest BCUT2D eigenvalue weighted by molar-refractivity contribution is 5.29. The summed E-state index contributed by atoms with van der Waals surface area (Å²) >= 11 is 0. The molecule has 5 heteroatoms. The molecule has 0 bridgehead atoms. The molecule has 22 heavy (non-hydrogen) atoms. The van der Waals surface area contributed by atoms with E-state index in [1.807, 2.05) is 26.0 Å². The number of benzene rings is 1. The minimum Gasteiger partial charge on any atom is -0.497 e. The fourth-order valence-electron chi connectivity index (χ4n) is 2.53. The maximum atomic E-state index is 5.23. The standard InChI is InChI=1S/C17H26N4O/c1-6-21-19-13(4)16(20-21)11-18-17(12(2)3)14-7-9-15(22-5)10-8-14/h7-10,12,17-18H,6,11H2,1-5H3/t17-/m0/s1. The van der Waals surface area contributed by atoms with Crippen LogP contribution >= 0.6 is 0 Å². The number of aryl methyl sites for hydroxylation is 2. The van der Waals surface area contributed by atoms with Crippen molar-refractivity contribution in [3.63, 3.8) is 0 Å². The molecular weight excluding hydrogens is 276 g/mol. The molecule has 1 aromatic heterocycles. The van der Waals surface area contributed by atoms with Gasteiger partial charge in [0.2, 0.25) is 0 Å². The van der Waals surface area contributed by atoms with Crippen molar-refractivity contribution in [2.45, 2.75) is 46.8 Å². The average molecular weight is 302 g/mol. The smallest absolute Gasteiger partial charge is 0.118 e. The third kappa shape index (κ3) is 3.85. The zero-order valence-electron chi connectivity index (χ0n) is 14.1. The van der Waals surface area contributed by atoms with Crippen LogP contribution in [0.15, 0.2) is 24.3 Å². The largest absolute Gasteiger partial charge is 0.497 e. The minimum absolute atomic E-state index is 0.275. The van der Waals surface area contributed by atoms with Crippen LogP contribution in [-0.4, -0.2) is 22.1 Å². The quantitative estimate of drug-likeness (QED) is 0.854. The van der Waals surface area contributed by atoms with Crippen LogP contribution in [0.25, 0.3) is 0 Å². The number of nitrogens with zero attached hydrogens (tertiary/aromatic N) is 3. The molecule has 0 saturated heterocycles. The zero-order chi connectivity index (χ0) is 16.1. The maximum absolute atomic E-state index is 5.23. The molecule has 0 radical (unpaired) electrons. The number of ether oxygens (including phenoxy) is 1. The van der Waals surface area contributed by atoms with E-state index in [1.54, 1.807) is 11.9 Å². The maximum Gasteiger partial charge on any atom is 0.118 e. The topological polar surface area (TPSA) is 52.0 Å². The molecule has 2 aromatic rings. The fourth-order valence-corrected chi connectivity index (χ4v) is 2.53. The van der Waals surface area contributed by atoms with E-state index in [2.05, 4.69) is 41.5 Å². The van der Waals surface area contributed by atoms with E-state index in [1.165, 1.54) is 5.56 Å². The van der Waals surface area contributed by atoms with Crippen LogP contribution in [-0.2, 0) is 13.1 Å². The Hall–Kier alpha value is -1.88. The summed E-state index contributed by atoms with van der Waals surface area (Å²) in [4.78, 5) is 1.74. The van der Waals surface area contributed by atoms with Crippen molar-refractivity contribution in [1.29, 1.82) is 0 Å². The first-order chi connectivity index (χ1) is 10.5. The lowest BCUT2D eigenvalue weighted by molar-refractivity contribution is 0.401. The molecule has 0 aliphatic rings. The summed E-state index contributed by atoms with van der Waals surface area (Å²) < 4.78 is 5.23. The second-order valence-corrected chi connectivity index (χ2v) is 5.80. The van der Waals surface area contributed by atoms with Gasteiger partial charge in [-0.25, -0.2) is 0 Å². The van der Waals surface area contributed by atoms with Crippen molar-refractivity contribution >= 4 is 0 Å². The summed E-state index contributed by atoms with van der Waals surface area (Å²) in [5.74, 6) is 1.36. The Kier molecular flexibility index (Phi) is 5.55. The van der Waals surface area contributed by atoms with Crippen molar-refractivity contribution in [3.05, 3.63) is 41.2 Å². The lowest BCUT2D eigenvalue weighted by Crippen LogP contribution is -2.25. The zero-order valence-corrected chi connectivity index (χ0v) is 14.1. The van der Waals surface area contributed by atoms with Crippen molar-refractivity contribution in [2.24, 2.45) is 5.92 Å². The first-order valence-electron chi connectivity index (χ1n) is 7.83. The number of hydrogen-bond donors (Lipinski definition) is 1. The van der Waals surface area contributed by atoms with E-state index >= 15 is 0 Å². The minimum atomic E-state index is 0.275. The molecule has 5 nitrogen and oxygen atoms in total. The van der Waals surface area contributed by atoms with Crippen molar-refractivity contribution in [3.8, 4) is 5.75 Å². The molecule has 0 saturated carbocycles. The van der Waals surface area contributed by atoms with Gasteiger partial charge in [-0.2, -0.15) is 15.0 Å². The van der Waals surface area contributed by atoms with Crippen LogP contribution in [0, 0.1) is 12.8 Å². The van der Waals surface area contributed by atoms with Gasteiger partial charge in [0.15, 0.2) is 0 Å². The monoisotopic (exact) mass is 302 g/mol. The third-order valence-electron chi connectivity index (χ3n) is 3.83. The van der Waals surface area contributed by atoms with Gasteiger partial charge in [0.1, 0.15) is 5.75 Å². The molecule has 0 fully saturated rings. The van der Waals surface area contributed by atoms with Gasteiger partial charge in [-0.1, -0.05) is 26.0 Å². The molecule has 1 atom stereocenters. The summed E-state index contributed by atoms with van der Waals surface area (Å²) in [5.41, 5.74) is 3.27. The Morgan fingerprint density at radius 3 is 2.36 bits per heavy atom. The Balaban J connectivity index is 2.09. The van der Waals surface area contributed by atoms with Crippen molar-refractivity contribution in [2.75, 3.05) is 7.11 Å². The molecular formula is C17H26N4O. The lowest BCUT2D eigenvalue weighted by Gasteiger charge is -2.23. The molecule has 0 aliphatic heterocycles. The first kappa shape index (κ1) is 16.5. The van der Waals surface area contributed by atoms with E-state index in [4.69, 9.17) is 4.74 Å².